The number of carbonyl (C=O) groups is 1. The molecule has 0 aliphatic carbocycles. The molecule has 1 fully saturated rings. The molecule has 1 amide bonds. The van der Waals surface area contributed by atoms with Gasteiger partial charge in [-0.1, -0.05) is 40.2 Å². The molecule has 0 bridgehead atoms. The molecular formula is C26H23BrN2O4S. The van der Waals surface area contributed by atoms with E-state index in [0.717, 1.165) is 21.2 Å². The second kappa shape index (κ2) is 10.8. The minimum absolute atomic E-state index is 0.204. The van der Waals surface area contributed by atoms with Crippen LogP contribution in [0.3, 0.4) is 0 Å². The Bertz CT molecular complexity index is 1270. The van der Waals surface area contributed by atoms with Gasteiger partial charge in [0.05, 0.1) is 19.1 Å². The average Bonchev–Trinajstić information content (AvgIpc) is 3.17. The summed E-state index contributed by atoms with van der Waals surface area (Å²) in [5.74, 6) is 1.66. The summed E-state index contributed by atoms with van der Waals surface area (Å²) in [6, 6.07) is 19.2. The number of amidine groups is 1. The first-order valence-electron chi connectivity index (χ1n) is 10.4. The van der Waals surface area contributed by atoms with E-state index >= 15 is 0 Å². The number of halogens is 1. The molecule has 0 radical (unpaired) electrons. The fourth-order valence-electron chi connectivity index (χ4n) is 3.26. The molecule has 1 aliphatic heterocycles. The van der Waals surface area contributed by atoms with Crippen LogP contribution < -0.4 is 19.5 Å². The third-order valence-corrected chi connectivity index (χ3v) is 6.44. The number of hydrogen-bond donors (Lipinski definition) is 1. The van der Waals surface area contributed by atoms with Crippen LogP contribution in [0.15, 0.2) is 75.0 Å². The number of amides is 1. The Kier molecular flexibility index (Phi) is 7.59. The van der Waals surface area contributed by atoms with Crippen LogP contribution in [0.5, 0.6) is 17.2 Å². The summed E-state index contributed by atoms with van der Waals surface area (Å²) in [5, 5.41) is 3.32. The maximum Gasteiger partial charge on any atom is 0.264 e. The van der Waals surface area contributed by atoms with Gasteiger partial charge < -0.3 is 19.5 Å². The zero-order chi connectivity index (χ0) is 24.1. The van der Waals surface area contributed by atoms with E-state index in [4.69, 9.17) is 14.2 Å². The molecule has 6 nitrogen and oxygen atoms in total. The van der Waals surface area contributed by atoms with Crippen LogP contribution in [0.4, 0.5) is 5.69 Å². The Morgan fingerprint density at radius 3 is 2.44 bits per heavy atom. The van der Waals surface area contributed by atoms with Gasteiger partial charge in [-0.3, -0.25) is 4.79 Å². The van der Waals surface area contributed by atoms with Crippen molar-refractivity contribution in [2.45, 2.75) is 13.5 Å². The van der Waals surface area contributed by atoms with Gasteiger partial charge in [0.25, 0.3) is 5.91 Å². The van der Waals surface area contributed by atoms with Crippen molar-refractivity contribution in [2.24, 2.45) is 4.99 Å². The van der Waals surface area contributed by atoms with Crippen molar-refractivity contribution < 1.29 is 19.0 Å². The number of rotatable bonds is 7. The van der Waals surface area contributed by atoms with E-state index in [1.165, 1.54) is 11.8 Å². The summed E-state index contributed by atoms with van der Waals surface area (Å²) in [5.41, 5.74) is 3.59. The normalized spacial score (nSPS) is 15.5. The van der Waals surface area contributed by atoms with Crippen LogP contribution >= 0.6 is 27.7 Å². The molecule has 3 aromatic rings. The predicted molar refractivity (Wildman–Crippen MR) is 140 cm³/mol. The molecule has 8 heteroatoms. The van der Waals surface area contributed by atoms with Gasteiger partial charge in [-0.15, -0.1) is 0 Å². The number of nitrogens with zero attached hydrogens (tertiary/aromatic N) is 1. The van der Waals surface area contributed by atoms with Crippen LogP contribution in [0.1, 0.15) is 16.7 Å². The number of aryl methyl sites for hydroxylation is 1. The molecule has 0 aromatic heterocycles. The Morgan fingerprint density at radius 2 is 1.71 bits per heavy atom. The van der Waals surface area contributed by atoms with Crippen molar-refractivity contribution >= 4 is 50.5 Å². The lowest BCUT2D eigenvalue weighted by molar-refractivity contribution is -0.115. The van der Waals surface area contributed by atoms with E-state index in [1.807, 2.05) is 67.6 Å². The van der Waals surface area contributed by atoms with Gasteiger partial charge in [-0.25, -0.2) is 4.99 Å². The first-order valence-corrected chi connectivity index (χ1v) is 12.1. The Balaban J connectivity index is 1.50. The summed E-state index contributed by atoms with van der Waals surface area (Å²) in [6.45, 7) is 2.40. The van der Waals surface area contributed by atoms with Gasteiger partial charge in [0.1, 0.15) is 18.0 Å². The molecule has 1 heterocycles. The molecule has 1 saturated heterocycles. The molecule has 1 aliphatic rings. The lowest BCUT2D eigenvalue weighted by atomic mass is 10.2. The second-order valence-electron chi connectivity index (χ2n) is 7.48. The SMILES string of the molecule is COc1ccc(C)cc1N=C1NC(=O)/C(=C/c2ccc(OCc3ccc(Br)cc3)c(OC)c2)S1. The van der Waals surface area contributed by atoms with E-state index in [1.54, 1.807) is 20.3 Å². The predicted octanol–water partition coefficient (Wildman–Crippen LogP) is 6.25. The lowest BCUT2D eigenvalue weighted by Gasteiger charge is -2.11. The third-order valence-electron chi connectivity index (χ3n) is 5.00. The molecule has 3 aromatic carbocycles. The summed E-state index contributed by atoms with van der Waals surface area (Å²) in [7, 11) is 3.19. The van der Waals surface area contributed by atoms with E-state index in [9.17, 15) is 4.79 Å². The van der Waals surface area contributed by atoms with Crippen molar-refractivity contribution in [1.82, 2.24) is 5.32 Å². The Hall–Kier alpha value is -3.23. The summed E-state index contributed by atoms with van der Waals surface area (Å²) in [4.78, 5) is 17.6. The molecule has 0 atom stereocenters. The first kappa shape index (κ1) is 23.9. The molecular weight excluding hydrogens is 516 g/mol. The van der Waals surface area contributed by atoms with Crippen LogP contribution in [-0.2, 0) is 11.4 Å². The van der Waals surface area contributed by atoms with E-state index < -0.39 is 0 Å². The number of carbonyl (C=O) groups excluding carboxylic acids is 1. The van der Waals surface area contributed by atoms with Crippen molar-refractivity contribution in [1.29, 1.82) is 0 Å². The fourth-order valence-corrected chi connectivity index (χ4v) is 4.36. The summed E-state index contributed by atoms with van der Waals surface area (Å²) >= 11 is 4.71. The second-order valence-corrected chi connectivity index (χ2v) is 9.43. The number of hydrogen-bond acceptors (Lipinski definition) is 6. The molecule has 174 valence electrons. The number of methoxy groups -OCH3 is 2. The van der Waals surface area contributed by atoms with E-state index in [2.05, 4.69) is 26.2 Å². The quantitative estimate of drug-likeness (QED) is 0.360. The maximum atomic E-state index is 12.5. The van der Waals surface area contributed by atoms with Gasteiger partial charge in [0.2, 0.25) is 0 Å². The average molecular weight is 539 g/mol. The Morgan fingerprint density at radius 1 is 0.971 bits per heavy atom. The minimum atomic E-state index is -0.204. The monoisotopic (exact) mass is 538 g/mol. The molecule has 0 unspecified atom stereocenters. The number of benzene rings is 3. The van der Waals surface area contributed by atoms with Crippen LogP contribution in [-0.4, -0.2) is 25.3 Å². The minimum Gasteiger partial charge on any atom is -0.494 e. The van der Waals surface area contributed by atoms with Crippen molar-refractivity contribution in [2.75, 3.05) is 14.2 Å². The highest BCUT2D eigenvalue weighted by molar-refractivity contribution is 9.10. The van der Waals surface area contributed by atoms with Crippen molar-refractivity contribution in [3.8, 4) is 17.2 Å². The standard InChI is InChI=1S/C26H23BrN2O4S/c1-16-4-10-21(31-2)20(12-16)28-26-29-25(30)24(34-26)14-18-7-11-22(23(13-18)32-3)33-15-17-5-8-19(27)9-6-17/h4-14H,15H2,1-3H3,(H,28,29,30)/b24-14-. The first-order chi connectivity index (χ1) is 16.4. The molecule has 34 heavy (non-hydrogen) atoms. The third kappa shape index (κ3) is 5.81. The zero-order valence-corrected chi connectivity index (χ0v) is 21.3. The largest absolute Gasteiger partial charge is 0.494 e. The van der Waals surface area contributed by atoms with Gasteiger partial charge in [0, 0.05) is 4.47 Å². The summed E-state index contributed by atoms with van der Waals surface area (Å²) < 4.78 is 17.9. The van der Waals surface area contributed by atoms with E-state index in [0.29, 0.717) is 39.6 Å². The molecule has 0 saturated carbocycles. The topological polar surface area (TPSA) is 69.2 Å². The van der Waals surface area contributed by atoms with Gasteiger partial charge in [0.15, 0.2) is 16.7 Å². The smallest absolute Gasteiger partial charge is 0.264 e. The lowest BCUT2D eigenvalue weighted by Crippen LogP contribution is -2.19. The van der Waals surface area contributed by atoms with Crippen molar-refractivity contribution in [3.63, 3.8) is 0 Å². The molecule has 1 N–H and O–H groups in total. The molecule has 0 spiro atoms. The number of nitrogens with one attached hydrogen (secondary N) is 1. The highest BCUT2D eigenvalue weighted by atomic mass is 79.9. The molecule has 4 rings (SSSR count). The van der Waals surface area contributed by atoms with E-state index in [-0.39, 0.29) is 5.91 Å². The summed E-state index contributed by atoms with van der Waals surface area (Å²) in [6.07, 6.45) is 1.80. The van der Waals surface area contributed by atoms with Gasteiger partial charge in [-0.2, -0.15) is 0 Å². The van der Waals surface area contributed by atoms with Crippen LogP contribution in [0.25, 0.3) is 6.08 Å². The van der Waals surface area contributed by atoms with Crippen LogP contribution in [0, 0.1) is 6.92 Å². The highest BCUT2D eigenvalue weighted by Crippen LogP contribution is 2.34. The highest BCUT2D eigenvalue weighted by Gasteiger charge is 2.24. The Labute approximate surface area is 211 Å². The van der Waals surface area contributed by atoms with Gasteiger partial charge in [-0.05, 0) is 77.9 Å². The number of ether oxygens (including phenoxy) is 3. The fraction of sp³-hybridized carbons (Fsp3) is 0.154. The van der Waals surface area contributed by atoms with Crippen molar-refractivity contribution in [3.05, 3.63) is 86.7 Å². The zero-order valence-electron chi connectivity index (χ0n) is 18.9. The van der Waals surface area contributed by atoms with Crippen LogP contribution in [0.2, 0.25) is 0 Å². The maximum absolute atomic E-state index is 12.5. The number of thioether (sulfide) groups is 1. The number of aliphatic imine (C=N–C) groups is 1. The van der Waals surface area contributed by atoms with Gasteiger partial charge >= 0.3 is 0 Å².